The first kappa shape index (κ1) is 23.8. The van der Waals surface area contributed by atoms with E-state index in [9.17, 15) is 0 Å². The van der Waals surface area contributed by atoms with Crippen LogP contribution in [0, 0.1) is 0 Å². The number of rotatable bonds is 10. The zero-order valence-corrected chi connectivity index (χ0v) is 21.3. The number of aryl methyl sites for hydroxylation is 1. The molecule has 0 radical (unpaired) electrons. The number of H-pyrrole nitrogens is 1. The van der Waals surface area contributed by atoms with E-state index in [0.29, 0.717) is 19.8 Å². The number of hydrogen-bond acceptors (Lipinski definition) is 5. The predicted molar refractivity (Wildman–Crippen MR) is 137 cm³/mol. The maximum atomic E-state index is 6.47. The average molecular weight is 537 g/mol. The molecule has 0 aliphatic carbocycles. The fourth-order valence-electron chi connectivity index (χ4n) is 4.20. The van der Waals surface area contributed by atoms with Crippen LogP contribution in [0.1, 0.15) is 31.2 Å². The lowest BCUT2D eigenvalue weighted by molar-refractivity contribution is -0.189. The Kier molecular flexibility index (Phi) is 7.32. The van der Waals surface area contributed by atoms with Crippen molar-refractivity contribution < 1.29 is 14.2 Å². The Morgan fingerprint density at radius 2 is 2.00 bits per heavy atom. The van der Waals surface area contributed by atoms with E-state index in [-0.39, 0.29) is 6.10 Å². The molecule has 3 heterocycles. The maximum Gasteiger partial charge on any atom is 0.214 e. The van der Waals surface area contributed by atoms with E-state index in [1.54, 1.807) is 12.5 Å². The Hall–Kier alpha value is -2.94. The standard InChI is InChI=1S/C27H29BrN4O3/c1-2-3-4-26-30-15-25(31-26)20-5-11-23(12-6-20)33-16-24-17-34-27(35-24,18-32-14-13-29-19-32)21-7-9-22(28)10-8-21/h5-15,19,24H,2-4,16-18H2,1H3,(H,30,31). The highest BCUT2D eigenvalue weighted by Gasteiger charge is 2.44. The van der Waals surface area contributed by atoms with Crippen molar-refractivity contribution in [3.05, 3.63) is 89.3 Å². The molecule has 1 N–H and O–H groups in total. The van der Waals surface area contributed by atoms with Crippen molar-refractivity contribution in [3.8, 4) is 17.0 Å². The summed E-state index contributed by atoms with van der Waals surface area (Å²) in [5.41, 5.74) is 3.07. The number of aromatic nitrogens is 4. The molecule has 0 bridgehead atoms. The second-order valence-electron chi connectivity index (χ2n) is 8.73. The monoisotopic (exact) mass is 536 g/mol. The van der Waals surface area contributed by atoms with Crippen LogP contribution < -0.4 is 4.74 Å². The number of benzene rings is 2. The quantitative estimate of drug-likeness (QED) is 0.280. The molecule has 1 fully saturated rings. The number of nitrogens with one attached hydrogen (secondary N) is 1. The van der Waals surface area contributed by atoms with Gasteiger partial charge >= 0.3 is 0 Å². The Balaban J connectivity index is 1.22. The van der Waals surface area contributed by atoms with E-state index in [1.807, 2.05) is 65.5 Å². The highest BCUT2D eigenvalue weighted by Crippen LogP contribution is 2.37. The Labute approximate surface area is 213 Å². The van der Waals surface area contributed by atoms with Crippen molar-refractivity contribution in [1.82, 2.24) is 19.5 Å². The topological polar surface area (TPSA) is 74.2 Å². The van der Waals surface area contributed by atoms with E-state index >= 15 is 0 Å². The average Bonchev–Trinajstić information content (AvgIpc) is 3.65. The molecular weight excluding hydrogens is 508 g/mol. The van der Waals surface area contributed by atoms with Crippen molar-refractivity contribution in [3.63, 3.8) is 0 Å². The van der Waals surface area contributed by atoms with Gasteiger partial charge in [-0.3, -0.25) is 0 Å². The number of halogens is 1. The van der Waals surface area contributed by atoms with Gasteiger partial charge in [-0.1, -0.05) is 41.4 Å². The third-order valence-corrected chi connectivity index (χ3v) is 6.62. The zero-order valence-electron chi connectivity index (χ0n) is 19.7. The number of unbranched alkanes of at least 4 members (excludes halogenated alkanes) is 1. The van der Waals surface area contributed by atoms with Gasteiger partial charge in [-0.25, -0.2) is 9.97 Å². The Morgan fingerprint density at radius 1 is 1.17 bits per heavy atom. The largest absolute Gasteiger partial charge is 0.491 e. The van der Waals surface area contributed by atoms with Gasteiger partial charge in [-0.05, 0) is 48.4 Å². The third kappa shape index (κ3) is 5.66. The molecule has 182 valence electrons. The molecule has 35 heavy (non-hydrogen) atoms. The van der Waals surface area contributed by atoms with Crippen LogP contribution in [0.2, 0.25) is 0 Å². The second kappa shape index (κ2) is 10.8. The van der Waals surface area contributed by atoms with E-state index in [1.165, 1.54) is 0 Å². The van der Waals surface area contributed by atoms with Gasteiger partial charge in [0.2, 0.25) is 5.79 Å². The molecule has 2 aromatic carbocycles. The van der Waals surface area contributed by atoms with Gasteiger partial charge in [0.15, 0.2) is 0 Å². The van der Waals surface area contributed by atoms with E-state index in [0.717, 1.165) is 52.1 Å². The van der Waals surface area contributed by atoms with Crippen molar-refractivity contribution in [2.24, 2.45) is 0 Å². The number of nitrogens with zero attached hydrogens (tertiary/aromatic N) is 3. The summed E-state index contributed by atoms with van der Waals surface area (Å²) in [6.45, 7) is 3.53. The first-order chi connectivity index (χ1) is 17.1. The first-order valence-electron chi connectivity index (χ1n) is 11.9. The summed E-state index contributed by atoms with van der Waals surface area (Å²) in [6.07, 6.45) is 10.4. The van der Waals surface area contributed by atoms with Gasteiger partial charge in [-0.2, -0.15) is 0 Å². The van der Waals surface area contributed by atoms with Gasteiger partial charge < -0.3 is 23.8 Å². The minimum Gasteiger partial charge on any atom is -0.491 e. The van der Waals surface area contributed by atoms with E-state index in [2.05, 4.69) is 37.8 Å². The molecule has 8 heteroatoms. The Bertz CT molecular complexity index is 1210. The first-order valence-corrected chi connectivity index (χ1v) is 12.7. The maximum absolute atomic E-state index is 6.47. The fraction of sp³-hybridized carbons (Fsp3) is 0.333. The highest BCUT2D eigenvalue weighted by molar-refractivity contribution is 9.10. The summed E-state index contributed by atoms with van der Waals surface area (Å²) in [6, 6.07) is 16.1. The molecule has 1 aliphatic rings. The molecule has 5 rings (SSSR count). The summed E-state index contributed by atoms with van der Waals surface area (Å²) in [7, 11) is 0. The molecule has 4 aromatic rings. The molecule has 2 aromatic heterocycles. The summed E-state index contributed by atoms with van der Waals surface area (Å²) in [5.74, 6) is 0.930. The summed E-state index contributed by atoms with van der Waals surface area (Å²) in [4.78, 5) is 12.0. The third-order valence-electron chi connectivity index (χ3n) is 6.09. The van der Waals surface area contributed by atoms with Gasteiger partial charge in [0.05, 0.1) is 31.4 Å². The second-order valence-corrected chi connectivity index (χ2v) is 9.64. The smallest absolute Gasteiger partial charge is 0.214 e. The lowest BCUT2D eigenvalue weighted by Gasteiger charge is -2.29. The summed E-state index contributed by atoms with van der Waals surface area (Å²) < 4.78 is 21.8. The molecule has 0 saturated carbocycles. The van der Waals surface area contributed by atoms with Crippen molar-refractivity contribution in [2.45, 2.75) is 44.6 Å². The number of hydrogen-bond donors (Lipinski definition) is 1. The van der Waals surface area contributed by atoms with E-state index < -0.39 is 5.79 Å². The number of aromatic amines is 1. The van der Waals surface area contributed by atoms with Crippen LogP contribution in [0.25, 0.3) is 11.3 Å². The van der Waals surface area contributed by atoms with Crippen molar-refractivity contribution in [1.29, 1.82) is 0 Å². The molecule has 1 aliphatic heterocycles. The van der Waals surface area contributed by atoms with Crippen LogP contribution in [0.3, 0.4) is 0 Å². The lowest BCUT2D eigenvalue weighted by atomic mass is 10.1. The van der Waals surface area contributed by atoms with Gasteiger partial charge in [0, 0.05) is 28.9 Å². The van der Waals surface area contributed by atoms with Crippen LogP contribution in [0.15, 0.2) is 77.9 Å². The van der Waals surface area contributed by atoms with Crippen molar-refractivity contribution >= 4 is 15.9 Å². The minimum absolute atomic E-state index is 0.199. The predicted octanol–water partition coefficient (Wildman–Crippen LogP) is 5.73. The Morgan fingerprint density at radius 3 is 2.74 bits per heavy atom. The SMILES string of the molecule is CCCCc1ncc(-c2ccc(OCC3COC(Cn4ccnc4)(c4ccc(Br)cc4)O3)cc2)[nH]1. The molecule has 0 amide bonds. The van der Waals surface area contributed by atoms with E-state index in [4.69, 9.17) is 14.2 Å². The van der Waals surface area contributed by atoms with Gasteiger partial charge in [-0.15, -0.1) is 0 Å². The lowest BCUT2D eigenvalue weighted by Crippen LogP contribution is -2.34. The minimum atomic E-state index is -0.893. The molecule has 2 unspecified atom stereocenters. The molecule has 7 nitrogen and oxygen atoms in total. The molecule has 0 spiro atoms. The van der Waals surface area contributed by atoms with Crippen LogP contribution in [-0.2, 0) is 28.2 Å². The van der Waals surface area contributed by atoms with Crippen molar-refractivity contribution in [2.75, 3.05) is 13.2 Å². The summed E-state index contributed by atoms with van der Waals surface area (Å²) in [5, 5.41) is 0. The van der Waals surface area contributed by atoms with Crippen LogP contribution in [-0.4, -0.2) is 38.8 Å². The fourth-order valence-corrected chi connectivity index (χ4v) is 4.46. The van der Waals surface area contributed by atoms with Crippen LogP contribution in [0.4, 0.5) is 0 Å². The normalized spacial score (nSPS) is 19.8. The molecular formula is C27H29BrN4O3. The number of ether oxygens (including phenoxy) is 3. The van der Waals surface area contributed by atoms with Crippen LogP contribution in [0.5, 0.6) is 5.75 Å². The molecule has 1 saturated heterocycles. The zero-order chi connectivity index (χ0) is 24.1. The van der Waals surface area contributed by atoms with Gasteiger partial charge in [0.1, 0.15) is 24.3 Å². The molecule has 2 atom stereocenters. The summed E-state index contributed by atoms with van der Waals surface area (Å²) >= 11 is 3.50. The van der Waals surface area contributed by atoms with Crippen LogP contribution >= 0.6 is 15.9 Å². The van der Waals surface area contributed by atoms with Gasteiger partial charge in [0.25, 0.3) is 0 Å². The number of imidazole rings is 2. The highest BCUT2D eigenvalue weighted by atomic mass is 79.9.